The van der Waals surface area contributed by atoms with Crippen molar-refractivity contribution >= 4 is 28.0 Å². The van der Waals surface area contributed by atoms with Crippen LogP contribution >= 0.6 is 11.3 Å². The number of thiophene rings is 1. The SMILES string of the molecule is CCC1c2ccsc2CCN1C(=O)Cc1cccc2ccccc12. The van der Waals surface area contributed by atoms with Crippen molar-refractivity contribution < 1.29 is 4.79 Å². The van der Waals surface area contributed by atoms with Gasteiger partial charge in [0.25, 0.3) is 0 Å². The van der Waals surface area contributed by atoms with Crippen LogP contribution in [0, 0.1) is 0 Å². The van der Waals surface area contributed by atoms with Crippen molar-refractivity contribution in [3.05, 3.63) is 69.9 Å². The molecule has 0 bridgehead atoms. The Bertz CT molecular complexity index is 877. The molecule has 0 fully saturated rings. The minimum Gasteiger partial charge on any atom is -0.335 e. The van der Waals surface area contributed by atoms with Crippen LogP contribution < -0.4 is 0 Å². The summed E-state index contributed by atoms with van der Waals surface area (Å²) in [5.41, 5.74) is 2.49. The Balaban J connectivity index is 1.62. The number of nitrogens with zero attached hydrogens (tertiary/aromatic N) is 1. The summed E-state index contributed by atoms with van der Waals surface area (Å²) in [6.07, 6.45) is 2.45. The predicted octanol–water partition coefficient (Wildman–Crippen LogP) is 4.98. The molecular weight excluding hydrogens is 314 g/mol. The molecule has 1 aliphatic rings. The fourth-order valence-corrected chi connectivity index (χ4v) is 4.77. The molecule has 2 aromatic carbocycles. The first kappa shape index (κ1) is 15.4. The quantitative estimate of drug-likeness (QED) is 0.661. The summed E-state index contributed by atoms with van der Waals surface area (Å²) >= 11 is 1.83. The summed E-state index contributed by atoms with van der Waals surface area (Å²) in [5.74, 6) is 0.245. The first-order chi connectivity index (χ1) is 11.8. The van der Waals surface area contributed by atoms with Gasteiger partial charge in [-0.25, -0.2) is 0 Å². The van der Waals surface area contributed by atoms with Gasteiger partial charge >= 0.3 is 0 Å². The lowest BCUT2D eigenvalue weighted by molar-refractivity contribution is -0.133. The van der Waals surface area contributed by atoms with E-state index >= 15 is 0 Å². The van der Waals surface area contributed by atoms with Crippen LogP contribution in [0.15, 0.2) is 53.9 Å². The molecule has 1 aromatic heterocycles. The summed E-state index contributed by atoms with van der Waals surface area (Å²) in [5, 5.41) is 4.55. The molecule has 24 heavy (non-hydrogen) atoms. The van der Waals surface area contributed by atoms with Gasteiger partial charge in [0, 0.05) is 11.4 Å². The number of carbonyl (C=O) groups is 1. The molecule has 1 atom stereocenters. The predicted molar refractivity (Wildman–Crippen MR) is 100 cm³/mol. The van der Waals surface area contributed by atoms with E-state index in [0.29, 0.717) is 6.42 Å². The molecule has 4 rings (SSSR count). The normalized spacial score (nSPS) is 17.0. The Morgan fingerprint density at radius 1 is 1.17 bits per heavy atom. The fraction of sp³-hybridized carbons (Fsp3) is 0.286. The highest BCUT2D eigenvalue weighted by Crippen LogP contribution is 2.35. The lowest BCUT2D eigenvalue weighted by Crippen LogP contribution is -2.40. The van der Waals surface area contributed by atoms with Gasteiger partial charge in [-0.05, 0) is 46.2 Å². The van der Waals surface area contributed by atoms with Gasteiger partial charge < -0.3 is 4.90 Å². The second-order valence-electron chi connectivity index (χ2n) is 6.38. The van der Waals surface area contributed by atoms with Gasteiger partial charge in [-0.15, -0.1) is 11.3 Å². The molecule has 3 aromatic rings. The molecule has 2 nitrogen and oxygen atoms in total. The number of amides is 1. The van der Waals surface area contributed by atoms with Crippen molar-refractivity contribution in [1.82, 2.24) is 4.90 Å². The Kier molecular flexibility index (Phi) is 4.11. The van der Waals surface area contributed by atoms with Crippen molar-refractivity contribution in [1.29, 1.82) is 0 Å². The number of benzene rings is 2. The Morgan fingerprint density at radius 3 is 2.88 bits per heavy atom. The van der Waals surface area contributed by atoms with Crippen LogP contribution in [0.25, 0.3) is 10.8 Å². The lowest BCUT2D eigenvalue weighted by Gasteiger charge is -2.35. The third-order valence-electron chi connectivity index (χ3n) is 5.02. The van der Waals surface area contributed by atoms with Gasteiger partial charge in [0.2, 0.25) is 5.91 Å². The molecule has 0 N–H and O–H groups in total. The van der Waals surface area contributed by atoms with E-state index in [-0.39, 0.29) is 11.9 Å². The van der Waals surface area contributed by atoms with E-state index in [4.69, 9.17) is 0 Å². The standard InChI is InChI=1S/C21H21NOS/c1-2-19-18-11-13-24-20(18)10-12-22(19)21(23)14-16-8-5-7-15-6-3-4-9-17(15)16/h3-9,11,13,19H,2,10,12,14H2,1H3. The van der Waals surface area contributed by atoms with Gasteiger partial charge in [0.15, 0.2) is 0 Å². The van der Waals surface area contributed by atoms with Crippen LogP contribution in [0.5, 0.6) is 0 Å². The van der Waals surface area contributed by atoms with E-state index in [9.17, 15) is 4.79 Å². The molecule has 2 heterocycles. The highest BCUT2D eigenvalue weighted by molar-refractivity contribution is 7.10. The smallest absolute Gasteiger partial charge is 0.227 e. The van der Waals surface area contributed by atoms with Crippen LogP contribution in [0.1, 0.15) is 35.4 Å². The molecule has 1 amide bonds. The Hall–Kier alpha value is -2.13. The zero-order valence-corrected chi connectivity index (χ0v) is 14.7. The largest absolute Gasteiger partial charge is 0.335 e. The lowest BCUT2D eigenvalue weighted by atomic mass is 9.96. The zero-order valence-electron chi connectivity index (χ0n) is 13.9. The van der Waals surface area contributed by atoms with Crippen molar-refractivity contribution in [3.63, 3.8) is 0 Å². The third kappa shape index (κ3) is 2.63. The van der Waals surface area contributed by atoms with Crippen LogP contribution in [-0.4, -0.2) is 17.4 Å². The van der Waals surface area contributed by atoms with E-state index in [1.165, 1.54) is 21.2 Å². The number of hydrogen-bond acceptors (Lipinski definition) is 2. The molecule has 0 spiro atoms. The van der Waals surface area contributed by atoms with Gasteiger partial charge in [-0.3, -0.25) is 4.79 Å². The van der Waals surface area contributed by atoms with E-state index in [1.807, 2.05) is 23.5 Å². The van der Waals surface area contributed by atoms with E-state index in [1.54, 1.807) is 0 Å². The maximum atomic E-state index is 13.0. The van der Waals surface area contributed by atoms with Gasteiger partial charge in [-0.1, -0.05) is 49.4 Å². The summed E-state index contributed by atoms with van der Waals surface area (Å²) < 4.78 is 0. The molecule has 0 aliphatic carbocycles. The van der Waals surface area contributed by atoms with Crippen molar-refractivity contribution in [2.24, 2.45) is 0 Å². The van der Waals surface area contributed by atoms with Crippen molar-refractivity contribution in [2.75, 3.05) is 6.54 Å². The summed E-state index contributed by atoms with van der Waals surface area (Å²) in [7, 11) is 0. The topological polar surface area (TPSA) is 20.3 Å². The van der Waals surface area contributed by atoms with E-state index in [2.05, 4.69) is 53.6 Å². The maximum Gasteiger partial charge on any atom is 0.227 e. The minimum atomic E-state index is 0.238. The minimum absolute atomic E-state index is 0.238. The molecule has 1 aliphatic heterocycles. The summed E-state index contributed by atoms with van der Waals surface area (Å²) in [6.45, 7) is 3.02. The van der Waals surface area contributed by atoms with Gasteiger partial charge in [0.1, 0.15) is 0 Å². The molecule has 0 saturated carbocycles. The van der Waals surface area contributed by atoms with Crippen LogP contribution in [0.2, 0.25) is 0 Å². The Morgan fingerprint density at radius 2 is 2.00 bits per heavy atom. The molecule has 3 heteroatoms. The molecule has 1 unspecified atom stereocenters. The molecule has 0 radical (unpaired) electrons. The maximum absolute atomic E-state index is 13.0. The first-order valence-electron chi connectivity index (χ1n) is 8.60. The van der Waals surface area contributed by atoms with Crippen LogP contribution in [0.4, 0.5) is 0 Å². The van der Waals surface area contributed by atoms with Crippen molar-refractivity contribution in [2.45, 2.75) is 32.2 Å². The first-order valence-corrected chi connectivity index (χ1v) is 9.48. The third-order valence-corrected chi connectivity index (χ3v) is 6.02. The van der Waals surface area contributed by atoms with Crippen LogP contribution in [0.3, 0.4) is 0 Å². The van der Waals surface area contributed by atoms with Gasteiger partial charge in [-0.2, -0.15) is 0 Å². The highest BCUT2D eigenvalue weighted by Gasteiger charge is 2.30. The average Bonchev–Trinajstić information content (AvgIpc) is 3.10. The fourth-order valence-electron chi connectivity index (χ4n) is 3.85. The van der Waals surface area contributed by atoms with Crippen molar-refractivity contribution in [3.8, 4) is 0 Å². The molecular formula is C21H21NOS. The Labute approximate surface area is 146 Å². The number of carbonyl (C=O) groups excluding carboxylic acids is 1. The average molecular weight is 335 g/mol. The molecule has 122 valence electrons. The van der Waals surface area contributed by atoms with E-state index in [0.717, 1.165) is 24.9 Å². The monoisotopic (exact) mass is 335 g/mol. The number of fused-ring (bicyclic) bond motifs is 2. The number of hydrogen-bond donors (Lipinski definition) is 0. The van der Waals surface area contributed by atoms with E-state index < -0.39 is 0 Å². The second kappa shape index (κ2) is 6.40. The molecule has 0 saturated heterocycles. The summed E-state index contributed by atoms with van der Waals surface area (Å²) in [6, 6.07) is 17.0. The van der Waals surface area contributed by atoms with Crippen LogP contribution in [-0.2, 0) is 17.6 Å². The highest BCUT2D eigenvalue weighted by atomic mass is 32.1. The number of rotatable bonds is 3. The summed E-state index contributed by atoms with van der Waals surface area (Å²) in [4.78, 5) is 16.6. The zero-order chi connectivity index (χ0) is 16.5. The van der Waals surface area contributed by atoms with Gasteiger partial charge in [0.05, 0.1) is 12.5 Å². The second-order valence-corrected chi connectivity index (χ2v) is 7.38.